The minimum Gasteiger partial charge on any atom is -0.507 e. The van der Waals surface area contributed by atoms with Crippen molar-refractivity contribution in [3.8, 4) is 17.2 Å². The zero-order chi connectivity index (χ0) is 24.4. The molecule has 8 heteroatoms. The Morgan fingerprint density at radius 2 is 1.71 bits per heavy atom. The van der Waals surface area contributed by atoms with E-state index in [0.29, 0.717) is 34.3 Å². The van der Waals surface area contributed by atoms with Crippen LogP contribution in [0.4, 0.5) is 5.69 Å². The number of nitrogens with zero attached hydrogens (tertiary/aromatic N) is 1. The first kappa shape index (κ1) is 23.0. The van der Waals surface area contributed by atoms with Crippen molar-refractivity contribution >= 4 is 23.1 Å². The van der Waals surface area contributed by atoms with Crippen molar-refractivity contribution in [3.63, 3.8) is 0 Å². The fourth-order valence-corrected chi connectivity index (χ4v) is 3.91. The number of benzene rings is 2. The molecule has 0 saturated carbocycles. The van der Waals surface area contributed by atoms with Crippen molar-refractivity contribution in [3.05, 3.63) is 77.8 Å². The Hall–Kier alpha value is -4.20. The summed E-state index contributed by atoms with van der Waals surface area (Å²) in [5.41, 5.74) is 0.675. The molecule has 1 atom stereocenters. The highest BCUT2D eigenvalue weighted by Crippen LogP contribution is 2.43. The second kappa shape index (κ2) is 9.35. The second-order valence-corrected chi connectivity index (χ2v) is 7.91. The lowest BCUT2D eigenvalue weighted by Crippen LogP contribution is -2.29. The van der Waals surface area contributed by atoms with Gasteiger partial charge in [0.15, 0.2) is 11.5 Å². The smallest absolute Gasteiger partial charge is 0.300 e. The third kappa shape index (κ3) is 4.10. The summed E-state index contributed by atoms with van der Waals surface area (Å²) in [6.07, 6.45) is 1.44. The van der Waals surface area contributed by atoms with E-state index in [1.54, 1.807) is 54.6 Å². The van der Waals surface area contributed by atoms with Crippen LogP contribution in [0.5, 0.6) is 17.2 Å². The Kier molecular flexibility index (Phi) is 6.32. The summed E-state index contributed by atoms with van der Waals surface area (Å²) in [6, 6.07) is 13.9. The molecule has 0 radical (unpaired) electrons. The van der Waals surface area contributed by atoms with Crippen molar-refractivity contribution in [2.45, 2.75) is 26.0 Å². The maximum atomic E-state index is 13.2. The highest BCUT2D eigenvalue weighted by Gasteiger charge is 2.48. The summed E-state index contributed by atoms with van der Waals surface area (Å²) < 4.78 is 21.8. The van der Waals surface area contributed by atoms with Crippen molar-refractivity contribution in [2.24, 2.45) is 0 Å². The standard InChI is InChI=1S/C26H25NO7/c1-15(2)34-18-10-8-17(9-11-18)27-23(20-6-5-13-33-20)22(25(29)26(27)30)24(28)16-7-12-19(31-3)21(14-16)32-4/h5-15,23,28H,1-4H3/b24-22-. The van der Waals surface area contributed by atoms with Crippen LogP contribution in [0.15, 0.2) is 70.9 Å². The van der Waals surface area contributed by atoms with Crippen LogP contribution in [0.2, 0.25) is 0 Å². The van der Waals surface area contributed by atoms with Gasteiger partial charge in [0.25, 0.3) is 11.7 Å². The van der Waals surface area contributed by atoms with Crippen molar-refractivity contribution < 1.29 is 33.3 Å². The van der Waals surface area contributed by atoms with Gasteiger partial charge in [-0.2, -0.15) is 0 Å². The van der Waals surface area contributed by atoms with Crippen LogP contribution in [0, 0.1) is 0 Å². The molecule has 1 aromatic heterocycles. The fraction of sp³-hybridized carbons (Fsp3) is 0.231. The predicted molar refractivity (Wildman–Crippen MR) is 125 cm³/mol. The molecule has 1 N–H and O–H groups in total. The lowest BCUT2D eigenvalue weighted by atomic mass is 9.99. The molecule has 0 aliphatic carbocycles. The number of carbonyl (C=O) groups excluding carboxylic acids is 2. The van der Waals surface area contributed by atoms with Gasteiger partial charge in [0.2, 0.25) is 0 Å². The highest BCUT2D eigenvalue weighted by atomic mass is 16.5. The summed E-state index contributed by atoms with van der Waals surface area (Å²) in [5, 5.41) is 11.2. The summed E-state index contributed by atoms with van der Waals surface area (Å²) in [4.78, 5) is 27.6. The van der Waals surface area contributed by atoms with Crippen LogP contribution in [0.1, 0.15) is 31.2 Å². The second-order valence-electron chi connectivity index (χ2n) is 7.91. The van der Waals surface area contributed by atoms with Gasteiger partial charge < -0.3 is 23.7 Å². The largest absolute Gasteiger partial charge is 0.507 e. The molecule has 1 saturated heterocycles. The van der Waals surface area contributed by atoms with Gasteiger partial charge in [0.05, 0.1) is 32.2 Å². The molecule has 0 spiro atoms. The number of hydrogen-bond acceptors (Lipinski definition) is 7. The van der Waals surface area contributed by atoms with Gasteiger partial charge in [0.1, 0.15) is 23.3 Å². The van der Waals surface area contributed by atoms with E-state index in [1.807, 2.05) is 13.8 Å². The van der Waals surface area contributed by atoms with E-state index in [1.165, 1.54) is 25.4 Å². The molecule has 0 bridgehead atoms. The van der Waals surface area contributed by atoms with Gasteiger partial charge >= 0.3 is 0 Å². The van der Waals surface area contributed by atoms with E-state index in [2.05, 4.69) is 0 Å². The number of hydrogen-bond donors (Lipinski definition) is 1. The maximum absolute atomic E-state index is 13.2. The number of aliphatic hydroxyl groups is 1. The molecule has 2 aromatic carbocycles. The van der Waals surface area contributed by atoms with Crippen LogP contribution in [0.25, 0.3) is 5.76 Å². The van der Waals surface area contributed by atoms with Gasteiger partial charge in [-0.1, -0.05) is 0 Å². The quantitative estimate of drug-likeness (QED) is 0.308. The molecular weight excluding hydrogens is 438 g/mol. The van der Waals surface area contributed by atoms with E-state index >= 15 is 0 Å². The molecule has 34 heavy (non-hydrogen) atoms. The lowest BCUT2D eigenvalue weighted by molar-refractivity contribution is -0.132. The molecule has 8 nitrogen and oxygen atoms in total. The molecule has 1 aliphatic rings. The van der Waals surface area contributed by atoms with Crippen LogP contribution in [0.3, 0.4) is 0 Å². The first-order valence-corrected chi connectivity index (χ1v) is 10.7. The van der Waals surface area contributed by atoms with Gasteiger partial charge in [-0.3, -0.25) is 14.5 Å². The first-order valence-electron chi connectivity index (χ1n) is 10.7. The Bertz CT molecular complexity index is 1230. The van der Waals surface area contributed by atoms with E-state index in [-0.39, 0.29) is 17.4 Å². The number of anilines is 1. The molecule has 2 heterocycles. The Morgan fingerprint density at radius 1 is 1.00 bits per heavy atom. The Balaban J connectivity index is 1.83. The third-order valence-corrected chi connectivity index (χ3v) is 5.40. The topological polar surface area (TPSA) is 98.4 Å². The normalized spacial score (nSPS) is 17.3. The minimum atomic E-state index is -0.958. The van der Waals surface area contributed by atoms with Gasteiger partial charge in [-0.15, -0.1) is 0 Å². The molecule has 176 valence electrons. The van der Waals surface area contributed by atoms with E-state index in [0.717, 1.165) is 0 Å². The van der Waals surface area contributed by atoms with Crippen LogP contribution < -0.4 is 19.1 Å². The molecule has 4 rings (SSSR count). The average Bonchev–Trinajstić information content (AvgIpc) is 3.45. The summed E-state index contributed by atoms with van der Waals surface area (Å²) in [6.45, 7) is 3.83. The molecule has 1 unspecified atom stereocenters. The number of methoxy groups -OCH3 is 2. The highest BCUT2D eigenvalue weighted by molar-refractivity contribution is 6.51. The van der Waals surface area contributed by atoms with Crippen molar-refractivity contribution in [1.29, 1.82) is 0 Å². The van der Waals surface area contributed by atoms with Gasteiger partial charge in [-0.25, -0.2) is 0 Å². The molecule has 1 fully saturated rings. The monoisotopic (exact) mass is 463 g/mol. The fourth-order valence-electron chi connectivity index (χ4n) is 3.91. The number of rotatable bonds is 7. The zero-order valence-electron chi connectivity index (χ0n) is 19.3. The number of ether oxygens (including phenoxy) is 3. The maximum Gasteiger partial charge on any atom is 0.300 e. The zero-order valence-corrected chi connectivity index (χ0v) is 19.3. The number of ketones is 1. The molecule has 1 aliphatic heterocycles. The summed E-state index contributed by atoms with van der Waals surface area (Å²) in [5.74, 6) is -0.138. The van der Waals surface area contributed by atoms with Crippen molar-refractivity contribution in [2.75, 3.05) is 19.1 Å². The van der Waals surface area contributed by atoms with E-state index < -0.39 is 17.7 Å². The number of carbonyl (C=O) groups is 2. The summed E-state index contributed by atoms with van der Waals surface area (Å²) in [7, 11) is 2.97. The number of amides is 1. The Labute approximate surface area is 197 Å². The molecule has 1 amide bonds. The van der Waals surface area contributed by atoms with E-state index in [4.69, 9.17) is 18.6 Å². The van der Waals surface area contributed by atoms with Gasteiger partial charge in [-0.05, 0) is 68.4 Å². The Morgan fingerprint density at radius 3 is 2.29 bits per heavy atom. The average molecular weight is 463 g/mol. The molecular formula is C26H25NO7. The van der Waals surface area contributed by atoms with Gasteiger partial charge in [0, 0.05) is 11.3 Å². The number of aliphatic hydroxyl groups excluding tert-OH is 1. The third-order valence-electron chi connectivity index (χ3n) is 5.40. The van der Waals surface area contributed by atoms with Crippen LogP contribution in [-0.4, -0.2) is 37.1 Å². The summed E-state index contributed by atoms with van der Waals surface area (Å²) >= 11 is 0. The van der Waals surface area contributed by atoms with Crippen LogP contribution >= 0.6 is 0 Å². The van der Waals surface area contributed by atoms with E-state index in [9.17, 15) is 14.7 Å². The minimum absolute atomic E-state index is 0.00955. The lowest BCUT2D eigenvalue weighted by Gasteiger charge is -2.23. The SMILES string of the molecule is COc1ccc(/C(O)=C2/C(=O)C(=O)N(c3ccc(OC(C)C)cc3)C2c2ccco2)cc1OC. The first-order chi connectivity index (χ1) is 16.3. The van der Waals surface area contributed by atoms with Crippen LogP contribution in [-0.2, 0) is 9.59 Å². The number of Topliss-reactive ketones (excluding diaryl/α,β-unsaturated/α-hetero) is 1. The number of furan rings is 1. The molecule has 3 aromatic rings. The van der Waals surface area contributed by atoms with Crippen molar-refractivity contribution in [1.82, 2.24) is 0 Å². The predicted octanol–water partition coefficient (Wildman–Crippen LogP) is 4.71.